The molecular formula is C15H19F2NO2. The van der Waals surface area contributed by atoms with Gasteiger partial charge in [-0.05, 0) is 31.4 Å². The summed E-state index contributed by atoms with van der Waals surface area (Å²) < 4.78 is 31.5. The van der Waals surface area contributed by atoms with E-state index in [2.05, 4.69) is 5.32 Å². The van der Waals surface area contributed by atoms with Gasteiger partial charge in [-0.25, -0.2) is 8.78 Å². The van der Waals surface area contributed by atoms with E-state index in [1.165, 1.54) is 12.1 Å². The van der Waals surface area contributed by atoms with Crippen molar-refractivity contribution in [3.63, 3.8) is 0 Å². The number of aryl methyl sites for hydroxylation is 1. The number of amides is 1. The molecule has 0 bridgehead atoms. The van der Waals surface area contributed by atoms with Crippen LogP contribution in [0.5, 0.6) is 0 Å². The monoisotopic (exact) mass is 283 g/mol. The number of hydrogen-bond donors (Lipinski definition) is 1. The molecule has 0 unspecified atom stereocenters. The smallest absolute Gasteiger partial charge is 0.220 e. The zero-order valence-electron chi connectivity index (χ0n) is 11.5. The van der Waals surface area contributed by atoms with Crippen LogP contribution in [0.3, 0.4) is 0 Å². The Morgan fingerprint density at radius 3 is 2.95 bits per heavy atom. The summed E-state index contributed by atoms with van der Waals surface area (Å²) in [6.07, 6.45) is 1.42. The van der Waals surface area contributed by atoms with E-state index in [9.17, 15) is 13.6 Å². The molecule has 2 rings (SSSR count). The summed E-state index contributed by atoms with van der Waals surface area (Å²) in [5.41, 5.74) is 0.360. The summed E-state index contributed by atoms with van der Waals surface area (Å²) in [5.74, 6) is -0.977. The molecule has 1 aliphatic heterocycles. The van der Waals surface area contributed by atoms with Gasteiger partial charge in [0.2, 0.25) is 5.91 Å². The Bertz CT molecular complexity index is 473. The maximum absolute atomic E-state index is 13.4. The quantitative estimate of drug-likeness (QED) is 0.901. The van der Waals surface area contributed by atoms with Gasteiger partial charge in [0.05, 0.1) is 6.61 Å². The summed E-state index contributed by atoms with van der Waals surface area (Å²) >= 11 is 0. The van der Waals surface area contributed by atoms with Crippen LogP contribution < -0.4 is 5.32 Å². The van der Waals surface area contributed by atoms with Gasteiger partial charge in [0.15, 0.2) is 0 Å². The first-order valence-corrected chi connectivity index (χ1v) is 6.87. The SMILES string of the molecule is C[C@@H](NC(=O)CCc1ccc(F)cc1F)[C@@H]1CCOC1. The zero-order chi connectivity index (χ0) is 14.5. The van der Waals surface area contributed by atoms with E-state index in [4.69, 9.17) is 4.74 Å². The fourth-order valence-corrected chi connectivity index (χ4v) is 2.36. The van der Waals surface area contributed by atoms with Gasteiger partial charge in [0.25, 0.3) is 0 Å². The van der Waals surface area contributed by atoms with Gasteiger partial charge < -0.3 is 10.1 Å². The highest BCUT2D eigenvalue weighted by molar-refractivity contribution is 5.76. The zero-order valence-corrected chi connectivity index (χ0v) is 11.5. The summed E-state index contributed by atoms with van der Waals surface area (Å²) in [5, 5.41) is 2.91. The van der Waals surface area contributed by atoms with Crippen LogP contribution in [0.25, 0.3) is 0 Å². The lowest BCUT2D eigenvalue weighted by Crippen LogP contribution is -2.38. The molecule has 1 heterocycles. The largest absolute Gasteiger partial charge is 0.381 e. The van der Waals surface area contributed by atoms with Crippen molar-refractivity contribution in [1.82, 2.24) is 5.32 Å². The number of carbonyl (C=O) groups is 1. The molecule has 0 spiro atoms. The Morgan fingerprint density at radius 2 is 2.30 bits per heavy atom. The van der Waals surface area contributed by atoms with E-state index < -0.39 is 11.6 Å². The molecule has 20 heavy (non-hydrogen) atoms. The van der Waals surface area contributed by atoms with Crippen LogP contribution in [-0.2, 0) is 16.0 Å². The van der Waals surface area contributed by atoms with Gasteiger partial charge in [0, 0.05) is 31.1 Å². The number of benzene rings is 1. The van der Waals surface area contributed by atoms with E-state index in [-0.39, 0.29) is 24.8 Å². The van der Waals surface area contributed by atoms with Crippen molar-refractivity contribution in [1.29, 1.82) is 0 Å². The van der Waals surface area contributed by atoms with Gasteiger partial charge >= 0.3 is 0 Å². The van der Waals surface area contributed by atoms with E-state index in [1.54, 1.807) is 0 Å². The van der Waals surface area contributed by atoms with Crippen molar-refractivity contribution in [2.75, 3.05) is 13.2 Å². The lowest BCUT2D eigenvalue weighted by atomic mass is 10.0. The Kier molecular flexibility index (Phi) is 5.06. The molecule has 1 aliphatic rings. The summed E-state index contributed by atoms with van der Waals surface area (Å²) in [6.45, 7) is 3.37. The van der Waals surface area contributed by atoms with Crippen molar-refractivity contribution < 1.29 is 18.3 Å². The number of hydrogen-bond acceptors (Lipinski definition) is 2. The van der Waals surface area contributed by atoms with E-state index in [0.29, 0.717) is 18.1 Å². The molecular weight excluding hydrogens is 264 g/mol. The minimum Gasteiger partial charge on any atom is -0.381 e. The van der Waals surface area contributed by atoms with E-state index in [0.717, 1.165) is 19.1 Å². The van der Waals surface area contributed by atoms with Crippen LogP contribution >= 0.6 is 0 Å². The maximum Gasteiger partial charge on any atom is 0.220 e. The molecule has 0 aliphatic carbocycles. The molecule has 1 fully saturated rings. The molecule has 1 amide bonds. The van der Waals surface area contributed by atoms with Crippen LogP contribution in [0.1, 0.15) is 25.3 Å². The molecule has 5 heteroatoms. The first kappa shape index (κ1) is 14.9. The Balaban J connectivity index is 1.79. The number of carbonyl (C=O) groups excluding carboxylic acids is 1. The molecule has 1 aromatic rings. The van der Waals surface area contributed by atoms with Gasteiger partial charge in [-0.15, -0.1) is 0 Å². The van der Waals surface area contributed by atoms with Crippen LogP contribution in [-0.4, -0.2) is 25.2 Å². The number of halogens is 2. The van der Waals surface area contributed by atoms with Gasteiger partial charge in [-0.2, -0.15) is 0 Å². The normalized spacial score (nSPS) is 19.9. The summed E-state index contributed by atoms with van der Waals surface area (Å²) in [7, 11) is 0. The van der Waals surface area contributed by atoms with Crippen molar-refractivity contribution in [2.24, 2.45) is 5.92 Å². The Labute approximate surface area is 117 Å². The first-order chi connectivity index (χ1) is 9.56. The molecule has 1 saturated heterocycles. The Hall–Kier alpha value is -1.49. The second kappa shape index (κ2) is 6.79. The average Bonchev–Trinajstić information content (AvgIpc) is 2.91. The first-order valence-electron chi connectivity index (χ1n) is 6.87. The van der Waals surface area contributed by atoms with Crippen LogP contribution in [0, 0.1) is 17.6 Å². The lowest BCUT2D eigenvalue weighted by molar-refractivity contribution is -0.122. The molecule has 1 N–H and O–H groups in total. The molecule has 1 aromatic carbocycles. The molecule has 3 nitrogen and oxygen atoms in total. The predicted octanol–water partition coefficient (Wildman–Crippen LogP) is 2.44. The highest BCUT2D eigenvalue weighted by Crippen LogP contribution is 2.17. The minimum absolute atomic E-state index is 0.0584. The second-order valence-electron chi connectivity index (χ2n) is 5.22. The van der Waals surface area contributed by atoms with Gasteiger partial charge in [0.1, 0.15) is 11.6 Å². The third-order valence-electron chi connectivity index (χ3n) is 3.70. The molecule has 0 saturated carbocycles. The predicted molar refractivity (Wildman–Crippen MR) is 71.2 cm³/mol. The summed E-state index contributed by atoms with van der Waals surface area (Å²) in [4.78, 5) is 11.8. The minimum atomic E-state index is -0.606. The second-order valence-corrected chi connectivity index (χ2v) is 5.22. The van der Waals surface area contributed by atoms with E-state index >= 15 is 0 Å². The van der Waals surface area contributed by atoms with Crippen LogP contribution in [0.2, 0.25) is 0 Å². The lowest BCUT2D eigenvalue weighted by Gasteiger charge is -2.19. The molecule has 2 atom stereocenters. The third kappa shape index (κ3) is 4.00. The molecule has 110 valence electrons. The Morgan fingerprint density at radius 1 is 1.50 bits per heavy atom. The van der Waals surface area contributed by atoms with Crippen molar-refractivity contribution in [2.45, 2.75) is 32.2 Å². The average molecular weight is 283 g/mol. The maximum atomic E-state index is 13.4. The summed E-state index contributed by atoms with van der Waals surface area (Å²) in [6, 6.07) is 3.48. The van der Waals surface area contributed by atoms with Crippen molar-refractivity contribution >= 4 is 5.91 Å². The van der Waals surface area contributed by atoms with Crippen LogP contribution in [0.15, 0.2) is 18.2 Å². The number of nitrogens with one attached hydrogen (secondary N) is 1. The van der Waals surface area contributed by atoms with E-state index in [1.807, 2.05) is 6.92 Å². The van der Waals surface area contributed by atoms with Crippen molar-refractivity contribution in [3.05, 3.63) is 35.4 Å². The standard InChI is InChI=1S/C15H19F2NO2/c1-10(12-6-7-20-9-12)18-15(19)5-3-11-2-4-13(16)8-14(11)17/h2,4,8,10,12H,3,5-7,9H2,1H3,(H,18,19)/t10-,12-/m1/s1. The third-order valence-corrected chi connectivity index (χ3v) is 3.70. The van der Waals surface area contributed by atoms with Crippen LogP contribution in [0.4, 0.5) is 8.78 Å². The van der Waals surface area contributed by atoms with Gasteiger partial charge in [-0.1, -0.05) is 6.07 Å². The molecule has 0 aromatic heterocycles. The van der Waals surface area contributed by atoms with Crippen molar-refractivity contribution in [3.8, 4) is 0 Å². The highest BCUT2D eigenvalue weighted by Gasteiger charge is 2.23. The topological polar surface area (TPSA) is 38.3 Å². The highest BCUT2D eigenvalue weighted by atomic mass is 19.1. The fraction of sp³-hybridized carbons (Fsp3) is 0.533. The fourth-order valence-electron chi connectivity index (χ4n) is 2.36. The van der Waals surface area contributed by atoms with Gasteiger partial charge in [-0.3, -0.25) is 4.79 Å². The number of ether oxygens (including phenoxy) is 1. The molecule has 0 radical (unpaired) electrons. The number of rotatable bonds is 5.